The summed E-state index contributed by atoms with van der Waals surface area (Å²) in [5, 5.41) is 0. The summed E-state index contributed by atoms with van der Waals surface area (Å²) >= 11 is 0. The van der Waals surface area contributed by atoms with Gasteiger partial charge in [0.05, 0.1) is 5.92 Å². The highest BCUT2D eigenvalue weighted by Gasteiger charge is 2.46. The number of hydrogen-bond donors (Lipinski definition) is 0. The lowest BCUT2D eigenvalue weighted by Crippen LogP contribution is -2.38. The molecule has 2 saturated carbocycles. The standard InChI is InChI=1S/C29H31F9O2/c1-2-3-16-4-6-17(7-5-16)18-8-10-19(11-9-18)28(35,36)39-20-12-22(30)26(23(31)13-20)29(37,38)40-21-14-24(32)27(34)25(33)15-21/h12-19H,2-11H2,1H3. The fourth-order valence-electron chi connectivity index (χ4n) is 6.20. The summed E-state index contributed by atoms with van der Waals surface area (Å²) in [6.45, 7) is 2.17. The molecule has 0 aromatic heterocycles. The summed E-state index contributed by atoms with van der Waals surface area (Å²) in [5.74, 6) is -11.5. The SMILES string of the molecule is CCCC1CCC(C2CCC(C(F)(F)Oc3cc(F)c(C(F)(F)Oc4cc(F)c(F)c(F)c4)c(F)c3)CC2)CC1. The Bertz CT molecular complexity index is 1120. The van der Waals surface area contributed by atoms with E-state index in [9.17, 15) is 39.5 Å². The van der Waals surface area contributed by atoms with E-state index in [4.69, 9.17) is 0 Å². The summed E-state index contributed by atoms with van der Waals surface area (Å²) in [7, 11) is 0. The third-order valence-corrected chi connectivity index (χ3v) is 8.27. The van der Waals surface area contributed by atoms with Crippen molar-refractivity contribution in [3.8, 4) is 11.5 Å². The second-order valence-corrected chi connectivity index (χ2v) is 10.9. The zero-order valence-corrected chi connectivity index (χ0v) is 21.9. The van der Waals surface area contributed by atoms with Gasteiger partial charge in [0.2, 0.25) is 0 Å². The Hall–Kier alpha value is -2.59. The molecule has 0 N–H and O–H groups in total. The van der Waals surface area contributed by atoms with Crippen molar-refractivity contribution in [1.29, 1.82) is 0 Å². The molecule has 11 heteroatoms. The van der Waals surface area contributed by atoms with E-state index in [-0.39, 0.29) is 37.1 Å². The van der Waals surface area contributed by atoms with Gasteiger partial charge in [0.25, 0.3) is 0 Å². The van der Waals surface area contributed by atoms with Gasteiger partial charge >= 0.3 is 12.2 Å². The van der Waals surface area contributed by atoms with Crippen molar-refractivity contribution in [1.82, 2.24) is 0 Å². The third-order valence-electron chi connectivity index (χ3n) is 8.27. The molecule has 2 aliphatic carbocycles. The Balaban J connectivity index is 1.39. The molecule has 0 heterocycles. The van der Waals surface area contributed by atoms with Gasteiger partial charge in [-0.15, -0.1) is 0 Å². The van der Waals surface area contributed by atoms with Gasteiger partial charge in [-0.1, -0.05) is 32.6 Å². The maximum absolute atomic E-state index is 15.0. The summed E-state index contributed by atoms with van der Waals surface area (Å²) < 4.78 is 136. The lowest BCUT2D eigenvalue weighted by atomic mass is 9.68. The molecule has 0 unspecified atom stereocenters. The van der Waals surface area contributed by atoms with Crippen LogP contribution in [-0.4, -0.2) is 6.11 Å². The second-order valence-electron chi connectivity index (χ2n) is 10.9. The average Bonchev–Trinajstić information content (AvgIpc) is 2.87. The molecule has 40 heavy (non-hydrogen) atoms. The Morgan fingerprint density at radius 3 is 1.60 bits per heavy atom. The Labute approximate surface area is 226 Å². The van der Waals surface area contributed by atoms with Gasteiger partial charge in [0.15, 0.2) is 17.5 Å². The van der Waals surface area contributed by atoms with Crippen molar-refractivity contribution < 1.29 is 49.0 Å². The molecule has 222 valence electrons. The largest absolute Gasteiger partial charge is 0.432 e. The van der Waals surface area contributed by atoms with Crippen LogP contribution in [0.3, 0.4) is 0 Å². The highest BCUT2D eigenvalue weighted by Crippen LogP contribution is 2.46. The number of ether oxygens (including phenoxy) is 2. The van der Waals surface area contributed by atoms with Crippen LogP contribution in [0.2, 0.25) is 0 Å². The van der Waals surface area contributed by atoms with E-state index < -0.39 is 64.3 Å². The molecule has 0 radical (unpaired) electrons. The normalized spacial score (nSPS) is 24.1. The van der Waals surface area contributed by atoms with Crippen LogP contribution in [0.5, 0.6) is 11.5 Å². The Morgan fingerprint density at radius 2 is 1.10 bits per heavy atom. The van der Waals surface area contributed by atoms with Gasteiger partial charge in [0.1, 0.15) is 28.7 Å². The fourth-order valence-corrected chi connectivity index (χ4v) is 6.20. The first-order chi connectivity index (χ1) is 18.8. The van der Waals surface area contributed by atoms with Crippen LogP contribution >= 0.6 is 0 Å². The molecular formula is C29H31F9O2. The molecular weight excluding hydrogens is 551 g/mol. The molecule has 4 rings (SSSR count). The van der Waals surface area contributed by atoms with E-state index in [1.165, 1.54) is 6.42 Å². The van der Waals surface area contributed by atoms with Crippen LogP contribution in [0.25, 0.3) is 0 Å². The van der Waals surface area contributed by atoms with Crippen LogP contribution < -0.4 is 9.47 Å². The molecule has 2 aromatic rings. The van der Waals surface area contributed by atoms with Crippen molar-refractivity contribution >= 4 is 0 Å². The third kappa shape index (κ3) is 6.82. The predicted molar refractivity (Wildman–Crippen MR) is 129 cm³/mol. The van der Waals surface area contributed by atoms with E-state index >= 15 is 0 Å². The average molecular weight is 583 g/mol. The predicted octanol–water partition coefficient (Wildman–Crippen LogP) is 9.89. The van der Waals surface area contributed by atoms with Gasteiger partial charge in [-0.3, -0.25) is 0 Å². The van der Waals surface area contributed by atoms with E-state index in [0.717, 1.165) is 38.0 Å². The van der Waals surface area contributed by atoms with Gasteiger partial charge in [-0.25, -0.2) is 22.0 Å². The van der Waals surface area contributed by atoms with Gasteiger partial charge in [0, 0.05) is 24.3 Å². The minimum Gasteiger partial charge on any atom is -0.432 e. The quantitative estimate of drug-likeness (QED) is 0.216. The molecule has 0 saturated heterocycles. The van der Waals surface area contributed by atoms with Crippen LogP contribution in [0.1, 0.15) is 76.7 Å². The minimum absolute atomic E-state index is 0.0618. The molecule has 0 amide bonds. The van der Waals surface area contributed by atoms with E-state index in [1.807, 2.05) is 0 Å². The molecule has 2 fully saturated rings. The molecule has 2 nitrogen and oxygen atoms in total. The van der Waals surface area contributed by atoms with Gasteiger partial charge in [-0.05, 0) is 56.3 Å². The van der Waals surface area contributed by atoms with Crippen molar-refractivity contribution in [2.45, 2.75) is 83.3 Å². The topological polar surface area (TPSA) is 18.5 Å². The summed E-state index contributed by atoms with van der Waals surface area (Å²) in [6, 6.07) is 0.449. The van der Waals surface area contributed by atoms with Crippen LogP contribution in [-0.2, 0) is 6.11 Å². The van der Waals surface area contributed by atoms with Crippen LogP contribution in [0.15, 0.2) is 24.3 Å². The smallest absolute Gasteiger partial charge is 0.432 e. The fraction of sp³-hybridized carbons (Fsp3) is 0.586. The number of hydrogen-bond acceptors (Lipinski definition) is 2. The van der Waals surface area contributed by atoms with Crippen molar-refractivity contribution in [3.05, 3.63) is 58.9 Å². The maximum Gasteiger partial charge on any atom is 0.432 e. The minimum atomic E-state index is -4.83. The highest BCUT2D eigenvalue weighted by molar-refractivity contribution is 5.34. The first-order valence-corrected chi connectivity index (χ1v) is 13.6. The first-order valence-electron chi connectivity index (χ1n) is 13.6. The summed E-state index contributed by atoms with van der Waals surface area (Å²) in [5.41, 5.74) is -2.00. The van der Waals surface area contributed by atoms with E-state index in [1.54, 1.807) is 0 Å². The van der Waals surface area contributed by atoms with Gasteiger partial charge < -0.3 is 9.47 Å². The zero-order valence-electron chi connectivity index (χ0n) is 21.9. The monoisotopic (exact) mass is 582 g/mol. The van der Waals surface area contributed by atoms with E-state index in [2.05, 4.69) is 16.4 Å². The number of benzene rings is 2. The molecule has 2 aliphatic rings. The summed E-state index contributed by atoms with van der Waals surface area (Å²) in [4.78, 5) is 0. The lowest BCUT2D eigenvalue weighted by Gasteiger charge is -2.39. The number of halogens is 9. The zero-order chi connectivity index (χ0) is 29.2. The maximum atomic E-state index is 15.0. The number of rotatable bonds is 9. The molecule has 0 bridgehead atoms. The molecule has 2 aromatic carbocycles. The van der Waals surface area contributed by atoms with E-state index in [0.29, 0.717) is 24.7 Å². The Morgan fingerprint density at radius 1 is 0.650 bits per heavy atom. The lowest BCUT2D eigenvalue weighted by molar-refractivity contribution is -0.224. The molecule has 0 atom stereocenters. The molecule has 0 aliphatic heterocycles. The molecule has 0 spiro atoms. The first kappa shape index (κ1) is 30.4. The van der Waals surface area contributed by atoms with Crippen molar-refractivity contribution in [2.75, 3.05) is 0 Å². The van der Waals surface area contributed by atoms with Crippen molar-refractivity contribution in [3.63, 3.8) is 0 Å². The Kier molecular flexibility index (Phi) is 9.19. The van der Waals surface area contributed by atoms with Gasteiger partial charge in [-0.2, -0.15) is 17.6 Å². The van der Waals surface area contributed by atoms with Crippen LogP contribution in [0, 0.1) is 52.8 Å². The highest BCUT2D eigenvalue weighted by atomic mass is 19.3. The summed E-state index contributed by atoms with van der Waals surface area (Å²) in [6.07, 6.45) is -0.270. The number of alkyl halides is 4. The van der Waals surface area contributed by atoms with Crippen LogP contribution in [0.4, 0.5) is 39.5 Å². The van der Waals surface area contributed by atoms with Crippen molar-refractivity contribution in [2.24, 2.45) is 23.7 Å². The second kappa shape index (κ2) is 12.1.